The molecule has 22 heavy (non-hydrogen) atoms. The number of carbonyl (C=O) groups is 2. The first-order valence-electron chi connectivity index (χ1n) is 8.39. The molecule has 2 saturated heterocycles. The minimum Gasteiger partial charge on any atom is -0.466 e. The third kappa shape index (κ3) is 1.79. The fraction of sp³-hybridized carbons (Fsp3) is 0.778. The van der Waals surface area contributed by atoms with E-state index < -0.39 is 11.2 Å². The van der Waals surface area contributed by atoms with Crippen LogP contribution in [-0.2, 0) is 19.1 Å². The first kappa shape index (κ1) is 15.7. The zero-order valence-electron chi connectivity index (χ0n) is 14.2. The Labute approximate surface area is 132 Å². The Morgan fingerprint density at radius 2 is 2.14 bits per heavy atom. The quantitative estimate of drug-likeness (QED) is 0.752. The van der Waals surface area contributed by atoms with E-state index in [1.165, 1.54) is 5.57 Å². The van der Waals surface area contributed by atoms with Gasteiger partial charge in [-0.25, -0.2) is 0 Å². The second-order valence-electron chi connectivity index (χ2n) is 7.45. The van der Waals surface area contributed by atoms with Crippen LogP contribution >= 0.6 is 0 Å². The van der Waals surface area contributed by atoms with Crippen LogP contribution in [0, 0.1) is 17.8 Å². The number of esters is 1. The molecule has 3 rings (SSSR count). The van der Waals surface area contributed by atoms with Crippen molar-refractivity contribution in [3.63, 3.8) is 0 Å². The molecule has 4 atom stereocenters. The third-order valence-electron chi connectivity index (χ3n) is 6.04. The summed E-state index contributed by atoms with van der Waals surface area (Å²) in [5, 5.41) is 0. The second kappa shape index (κ2) is 4.92. The van der Waals surface area contributed by atoms with Crippen molar-refractivity contribution in [1.82, 2.24) is 0 Å². The summed E-state index contributed by atoms with van der Waals surface area (Å²) in [5.74, 6) is -0.380. The number of ketones is 1. The molecule has 0 aromatic rings. The van der Waals surface area contributed by atoms with E-state index in [0.29, 0.717) is 13.0 Å². The lowest BCUT2D eigenvalue weighted by Crippen LogP contribution is -2.55. The van der Waals surface area contributed by atoms with Crippen LogP contribution in [0.25, 0.3) is 0 Å². The van der Waals surface area contributed by atoms with Gasteiger partial charge in [0.15, 0.2) is 5.78 Å². The molecule has 2 bridgehead atoms. The molecule has 0 N–H and O–H groups in total. The van der Waals surface area contributed by atoms with Gasteiger partial charge in [-0.05, 0) is 39.5 Å². The van der Waals surface area contributed by atoms with Crippen molar-refractivity contribution in [2.24, 2.45) is 17.8 Å². The van der Waals surface area contributed by atoms with Crippen molar-refractivity contribution in [1.29, 1.82) is 0 Å². The summed E-state index contributed by atoms with van der Waals surface area (Å²) in [7, 11) is 0. The Morgan fingerprint density at radius 3 is 2.73 bits per heavy atom. The fourth-order valence-corrected chi connectivity index (χ4v) is 4.73. The SMILES string of the molecule is CCOC(=O)[C@@H]1C[C@]2(C(C)C)O[C@@]1(C)[C@@H]1CCC(C)=C1C2=O. The molecule has 1 aliphatic carbocycles. The van der Waals surface area contributed by atoms with E-state index in [-0.39, 0.29) is 29.5 Å². The molecule has 2 fully saturated rings. The van der Waals surface area contributed by atoms with Gasteiger partial charge in [-0.3, -0.25) is 9.59 Å². The Balaban J connectivity index is 2.12. The molecule has 2 heterocycles. The van der Waals surface area contributed by atoms with Gasteiger partial charge in [0.1, 0.15) is 5.60 Å². The standard InChI is InChI=1S/C18H26O4/c1-6-21-16(20)13-9-18(10(2)3)15(19)14-11(4)7-8-12(14)17(13,5)22-18/h10,12-13H,6-9H2,1-5H3/t12-,13+,17+,18-/m1/s1. The number of hydrogen-bond acceptors (Lipinski definition) is 4. The predicted molar refractivity (Wildman–Crippen MR) is 82.2 cm³/mol. The van der Waals surface area contributed by atoms with Crippen molar-refractivity contribution in [3.8, 4) is 0 Å². The fourth-order valence-electron chi connectivity index (χ4n) is 4.73. The highest BCUT2D eigenvalue weighted by molar-refractivity contribution is 6.06. The number of Topliss-reactive ketones (excluding diaryl/α,β-unsaturated/α-hetero) is 1. The van der Waals surface area contributed by atoms with Crippen LogP contribution in [0.4, 0.5) is 0 Å². The minimum absolute atomic E-state index is 0.0313. The van der Waals surface area contributed by atoms with Gasteiger partial charge in [0.05, 0.1) is 18.1 Å². The monoisotopic (exact) mass is 306 g/mol. The Morgan fingerprint density at radius 1 is 1.45 bits per heavy atom. The van der Waals surface area contributed by atoms with E-state index in [9.17, 15) is 9.59 Å². The van der Waals surface area contributed by atoms with Crippen molar-refractivity contribution in [2.45, 2.75) is 65.1 Å². The van der Waals surface area contributed by atoms with Crippen molar-refractivity contribution >= 4 is 11.8 Å². The average molecular weight is 306 g/mol. The molecule has 0 unspecified atom stereocenters. The van der Waals surface area contributed by atoms with Crippen LogP contribution in [0.2, 0.25) is 0 Å². The summed E-state index contributed by atoms with van der Waals surface area (Å²) in [6.07, 6.45) is 2.27. The van der Waals surface area contributed by atoms with Crippen LogP contribution in [0.3, 0.4) is 0 Å². The molecular weight excluding hydrogens is 280 g/mol. The van der Waals surface area contributed by atoms with Gasteiger partial charge in [0.25, 0.3) is 0 Å². The smallest absolute Gasteiger partial charge is 0.312 e. The summed E-state index contributed by atoms with van der Waals surface area (Å²) in [5.41, 5.74) is 0.648. The molecule has 122 valence electrons. The van der Waals surface area contributed by atoms with E-state index in [4.69, 9.17) is 9.47 Å². The molecule has 2 aliphatic heterocycles. The summed E-state index contributed by atoms with van der Waals surface area (Å²) in [6, 6.07) is 0. The molecule has 0 radical (unpaired) electrons. The van der Waals surface area contributed by atoms with Crippen LogP contribution in [-0.4, -0.2) is 29.6 Å². The Bertz CT molecular complexity index is 561. The zero-order chi connectivity index (χ0) is 16.3. The highest BCUT2D eigenvalue weighted by Gasteiger charge is 2.69. The topological polar surface area (TPSA) is 52.6 Å². The number of carbonyl (C=O) groups excluding carboxylic acids is 2. The van der Waals surface area contributed by atoms with E-state index in [2.05, 4.69) is 6.92 Å². The molecular formula is C18H26O4. The maximum absolute atomic E-state index is 13.2. The molecule has 0 aromatic carbocycles. The molecule has 0 saturated carbocycles. The lowest BCUT2D eigenvalue weighted by atomic mass is 9.75. The summed E-state index contributed by atoms with van der Waals surface area (Å²) >= 11 is 0. The second-order valence-corrected chi connectivity index (χ2v) is 7.45. The molecule has 4 heteroatoms. The van der Waals surface area contributed by atoms with Gasteiger partial charge in [-0.15, -0.1) is 0 Å². The van der Waals surface area contributed by atoms with Gasteiger partial charge < -0.3 is 9.47 Å². The maximum Gasteiger partial charge on any atom is 0.312 e. The predicted octanol–water partition coefficient (Wildman–Crippen LogP) is 3.05. The molecule has 4 nitrogen and oxygen atoms in total. The number of allylic oxidation sites excluding steroid dienone is 1. The number of rotatable bonds is 3. The summed E-state index contributed by atoms with van der Waals surface area (Å²) < 4.78 is 11.7. The number of hydrogen-bond donors (Lipinski definition) is 0. The Kier molecular flexibility index (Phi) is 3.52. The highest BCUT2D eigenvalue weighted by atomic mass is 16.6. The van der Waals surface area contributed by atoms with Gasteiger partial charge in [0, 0.05) is 17.9 Å². The van der Waals surface area contributed by atoms with E-state index in [0.717, 1.165) is 18.4 Å². The first-order chi connectivity index (χ1) is 10.3. The van der Waals surface area contributed by atoms with E-state index in [1.54, 1.807) is 0 Å². The normalized spacial score (nSPS) is 40.4. The van der Waals surface area contributed by atoms with Crippen LogP contribution in [0.15, 0.2) is 11.1 Å². The van der Waals surface area contributed by atoms with Crippen LogP contribution in [0.5, 0.6) is 0 Å². The molecule has 0 aromatic heterocycles. The molecule has 0 amide bonds. The largest absolute Gasteiger partial charge is 0.466 e. The van der Waals surface area contributed by atoms with Gasteiger partial charge >= 0.3 is 5.97 Å². The van der Waals surface area contributed by atoms with Crippen molar-refractivity contribution in [2.75, 3.05) is 6.61 Å². The summed E-state index contributed by atoms with van der Waals surface area (Å²) in [6.45, 7) is 10.3. The summed E-state index contributed by atoms with van der Waals surface area (Å²) in [4.78, 5) is 25.7. The van der Waals surface area contributed by atoms with E-state index >= 15 is 0 Å². The van der Waals surface area contributed by atoms with Crippen molar-refractivity contribution < 1.29 is 19.1 Å². The lowest BCUT2D eigenvalue weighted by Gasteiger charge is -2.45. The van der Waals surface area contributed by atoms with Crippen LogP contribution < -0.4 is 0 Å². The molecule has 3 aliphatic rings. The maximum atomic E-state index is 13.2. The number of fused-ring (bicyclic) bond motifs is 4. The van der Waals surface area contributed by atoms with Gasteiger partial charge in [-0.2, -0.15) is 0 Å². The van der Waals surface area contributed by atoms with Gasteiger partial charge in [-0.1, -0.05) is 19.4 Å². The highest BCUT2D eigenvalue weighted by Crippen LogP contribution is 2.60. The van der Waals surface area contributed by atoms with Crippen molar-refractivity contribution in [3.05, 3.63) is 11.1 Å². The lowest BCUT2D eigenvalue weighted by molar-refractivity contribution is -0.183. The van der Waals surface area contributed by atoms with E-state index in [1.807, 2.05) is 27.7 Å². The number of ether oxygens (including phenoxy) is 2. The average Bonchev–Trinajstić information content (AvgIpc) is 2.96. The molecule has 0 spiro atoms. The van der Waals surface area contributed by atoms with Gasteiger partial charge in [0.2, 0.25) is 0 Å². The first-order valence-corrected chi connectivity index (χ1v) is 8.39. The zero-order valence-corrected chi connectivity index (χ0v) is 14.2. The Hall–Kier alpha value is -1.16. The van der Waals surface area contributed by atoms with Crippen LogP contribution in [0.1, 0.15) is 53.9 Å². The minimum atomic E-state index is -0.858. The third-order valence-corrected chi connectivity index (χ3v) is 6.04.